The second-order valence-corrected chi connectivity index (χ2v) is 5.83. The lowest BCUT2D eigenvalue weighted by atomic mass is 10.1. The smallest absolute Gasteiger partial charge is 0.252 e. The third-order valence-electron chi connectivity index (χ3n) is 4.41. The van der Waals surface area contributed by atoms with E-state index in [1.165, 1.54) is 25.7 Å². The summed E-state index contributed by atoms with van der Waals surface area (Å²) >= 11 is 0. The van der Waals surface area contributed by atoms with Gasteiger partial charge >= 0.3 is 0 Å². The summed E-state index contributed by atoms with van der Waals surface area (Å²) in [6.07, 6.45) is 5.20. The van der Waals surface area contributed by atoms with E-state index in [0.29, 0.717) is 17.8 Å². The Bertz CT molecular complexity index is 524. The predicted octanol–water partition coefficient (Wildman–Crippen LogP) is 1.44. The van der Waals surface area contributed by atoms with Crippen molar-refractivity contribution in [2.45, 2.75) is 38.8 Å². The standard InChI is InChI=1S/C15H21N3O2/c1-18(8-10-4-2-3-5-10)14-6-11-12(7-16-15(11)20)13(9-19)17-14/h6,10,19H,2-5,7-9H2,1H3,(H,16,20). The van der Waals surface area contributed by atoms with E-state index in [4.69, 9.17) is 0 Å². The van der Waals surface area contributed by atoms with Crippen LogP contribution in [0.2, 0.25) is 0 Å². The van der Waals surface area contributed by atoms with Crippen molar-refractivity contribution in [1.82, 2.24) is 10.3 Å². The van der Waals surface area contributed by atoms with Crippen molar-refractivity contribution in [3.63, 3.8) is 0 Å². The number of pyridine rings is 1. The van der Waals surface area contributed by atoms with Gasteiger partial charge in [-0.2, -0.15) is 0 Å². The zero-order valence-corrected chi connectivity index (χ0v) is 11.9. The highest BCUT2D eigenvalue weighted by Gasteiger charge is 2.25. The molecular weight excluding hydrogens is 254 g/mol. The topological polar surface area (TPSA) is 65.5 Å². The van der Waals surface area contributed by atoms with E-state index in [0.717, 1.165) is 23.8 Å². The van der Waals surface area contributed by atoms with Crippen LogP contribution < -0.4 is 10.2 Å². The molecule has 0 bridgehead atoms. The van der Waals surface area contributed by atoms with Crippen molar-refractivity contribution < 1.29 is 9.90 Å². The molecule has 3 rings (SSSR count). The molecule has 5 heteroatoms. The molecule has 0 saturated heterocycles. The fourth-order valence-electron chi connectivity index (χ4n) is 3.27. The number of aliphatic hydroxyl groups is 1. The normalized spacial score (nSPS) is 18.2. The molecule has 0 unspecified atom stereocenters. The van der Waals surface area contributed by atoms with Gasteiger partial charge in [0.2, 0.25) is 0 Å². The molecule has 1 aromatic heterocycles. The number of carbonyl (C=O) groups is 1. The molecule has 2 N–H and O–H groups in total. The van der Waals surface area contributed by atoms with E-state index in [-0.39, 0.29) is 12.5 Å². The van der Waals surface area contributed by atoms with Gasteiger partial charge in [0.05, 0.1) is 12.3 Å². The summed E-state index contributed by atoms with van der Waals surface area (Å²) in [4.78, 5) is 18.4. The maximum atomic E-state index is 11.8. The molecule has 1 amide bonds. The largest absolute Gasteiger partial charge is 0.390 e. The Labute approximate surface area is 119 Å². The summed E-state index contributed by atoms with van der Waals surface area (Å²) < 4.78 is 0. The number of aliphatic hydroxyl groups excluding tert-OH is 1. The number of aromatic nitrogens is 1. The number of rotatable bonds is 4. The Hall–Kier alpha value is -1.62. The molecule has 1 aromatic rings. The lowest BCUT2D eigenvalue weighted by molar-refractivity contribution is 0.0965. The SMILES string of the molecule is CN(CC1CCCC1)c1cc2c(c(CO)n1)CNC2=O. The molecule has 5 nitrogen and oxygen atoms in total. The minimum atomic E-state index is -0.123. The molecule has 0 radical (unpaired) electrons. The average molecular weight is 275 g/mol. The fraction of sp³-hybridized carbons (Fsp3) is 0.600. The van der Waals surface area contributed by atoms with E-state index < -0.39 is 0 Å². The molecule has 20 heavy (non-hydrogen) atoms. The van der Waals surface area contributed by atoms with Crippen LogP contribution in [0, 0.1) is 5.92 Å². The number of carbonyl (C=O) groups excluding carboxylic acids is 1. The van der Waals surface area contributed by atoms with Crippen molar-refractivity contribution >= 4 is 11.7 Å². The Kier molecular flexibility index (Phi) is 3.61. The van der Waals surface area contributed by atoms with Crippen molar-refractivity contribution in [1.29, 1.82) is 0 Å². The van der Waals surface area contributed by atoms with Crippen LogP contribution in [0.15, 0.2) is 6.07 Å². The van der Waals surface area contributed by atoms with Crippen LogP contribution in [-0.2, 0) is 13.2 Å². The van der Waals surface area contributed by atoms with Crippen LogP contribution in [0.3, 0.4) is 0 Å². The third kappa shape index (κ3) is 2.38. The summed E-state index contributed by atoms with van der Waals surface area (Å²) in [6.45, 7) is 1.32. The summed E-state index contributed by atoms with van der Waals surface area (Å²) in [7, 11) is 2.01. The Balaban J connectivity index is 1.85. The number of hydrogen-bond acceptors (Lipinski definition) is 4. The van der Waals surface area contributed by atoms with E-state index in [2.05, 4.69) is 15.2 Å². The van der Waals surface area contributed by atoms with Gasteiger partial charge in [0, 0.05) is 31.3 Å². The first-order valence-electron chi connectivity index (χ1n) is 7.32. The van der Waals surface area contributed by atoms with Gasteiger partial charge in [0.15, 0.2) is 0 Å². The summed E-state index contributed by atoms with van der Waals surface area (Å²) in [6, 6.07) is 1.85. The summed E-state index contributed by atoms with van der Waals surface area (Å²) in [5.74, 6) is 1.45. The number of anilines is 1. The number of fused-ring (bicyclic) bond motifs is 1. The van der Waals surface area contributed by atoms with Crippen LogP contribution >= 0.6 is 0 Å². The molecule has 108 valence electrons. The fourth-order valence-corrected chi connectivity index (χ4v) is 3.27. The highest BCUT2D eigenvalue weighted by molar-refractivity contribution is 5.99. The molecule has 1 aliphatic carbocycles. The van der Waals surface area contributed by atoms with Crippen LogP contribution in [0.4, 0.5) is 5.82 Å². The van der Waals surface area contributed by atoms with Gasteiger partial charge in [-0.15, -0.1) is 0 Å². The summed E-state index contributed by atoms with van der Waals surface area (Å²) in [5.41, 5.74) is 2.13. The number of nitrogens with zero attached hydrogens (tertiary/aromatic N) is 2. The second kappa shape index (κ2) is 5.40. The minimum Gasteiger partial charge on any atom is -0.390 e. The first kappa shape index (κ1) is 13.4. The van der Waals surface area contributed by atoms with Gasteiger partial charge in [-0.25, -0.2) is 4.98 Å². The Morgan fingerprint density at radius 3 is 2.90 bits per heavy atom. The van der Waals surface area contributed by atoms with Crippen LogP contribution in [-0.4, -0.2) is 29.6 Å². The van der Waals surface area contributed by atoms with Crippen molar-refractivity contribution in [2.75, 3.05) is 18.5 Å². The third-order valence-corrected chi connectivity index (χ3v) is 4.41. The monoisotopic (exact) mass is 275 g/mol. The first-order valence-corrected chi connectivity index (χ1v) is 7.32. The molecule has 2 heterocycles. The quantitative estimate of drug-likeness (QED) is 0.873. The van der Waals surface area contributed by atoms with Crippen LogP contribution in [0.1, 0.15) is 47.3 Å². The van der Waals surface area contributed by atoms with E-state index >= 15 is 0 Å². The average Bonchev–Trinajstić information content (AvgIpc) is 3.08. The molecule has 0 atom stereocenters. The zero-order valence-electron chi connectivity index (χ0n) is 11.9. The van der Waals surface area contributed by atoms with E-state index in [1.807, 2.05) is 13.1 Å². The molecule has 0 spiro atoms. The molecule has 1 fully saturated rings. The highest BCUT2D eigenvalue weighted by Crippen LogP contribution is 2.28. The van der Waals surface area contributed by atoms with Crippen molar-refractivity contribution in [3.05, 3.63) is 22.9 Å². The maximum Gasteiger partial charge on any atom is 0.252 e. The van der Waals surface area contributed by atoms with Gasteiger partial charge in [0.1, 0.15) is 5.82 Å². The molecule has 2 aliphatic rings. The predicted molar refractivity (Wildman–Crippen MR) is 76.6 cm³/mol. The molecular formula is C15H21N3O2. The van der Waals surface area contributed by atoms with Gasteiger partial charge in [-0.1, -0.05) is 12.8 Å². The van der Waals surface area contributed by atoms with E-state index in [9.17, 15) is 9.90 Å². The summed E-state index contributed by atoms with van der Waals surface area (Å²) in [5, 5.41) is 12.2. The van der Waals surface area contributed by atoms with Crippen LogP contribution in [0.25, 0.3) is 0 Å². The van der Waals surface area contributed by atoms with Crippen LogP contribution in [0.5, 0.6) is 0 Å². The molecule has 1 aliphatic heterocycles. The lowest BCUT2D eigenvalue weighted by Crippen LogP contribution is -2.25. The van der Waals surface area contributed by atoms with Gasteiger partial charge in [-0.3, -0.25) is 4.79 Å². The number of nitrogens with one attached hydrogen (secondary N) is 1. The van der Waals surface area contributed by atoms with Crippen molar-refractivity contribution in [2.24, 2.45) is 5.92 Å². The van der Waals surface area contributed by atoms with Gasteiger partial charge in [-0.05, 0) is 24.8 Å². The first-order chi connectivity index (χ1) is 9.69. The Morgan fingerprint density at radius 2 is 2.20 bits per heavy atom. The zero-order chi connectivity index (χ0) is 14.1. The molecule has 0 aromatic carbocycles. The van der Waals surface area contributed by atoms with Gasteiger partial charge in [0.25, 0.3) is 5.91 Å². The highest BCUT2D eigenvalue weighted by atomic mass is 16.3. The minimum absolute atomic E-state index is 0.0624. The number of hydrogen-bond donors (Lipinski definition) is 2. The Morgan fingerprint density at radius 1 is 1.45 bits per heavy atom. The second-order valence-electron chi connectivity index (χ2n) is 5.83. The van der Waals surface area contributed by atoms with E-state index in [1.54, 1.807) is 0 Å². The lowest BCUT2D eigenvalue weighted by Gasteiger charge is -2.23. The van der Waals surface area contributed by atoms with Gasteiger partial charge < -0.3 is 15.3 Å². The number of amides is 1. The maximum absolute atomic E-state index is 11.8. The molecule has 1 saturated carbocycles. The van der Waals surface area contributed by atoms with Crippen molar-refractivity contribution in [3.8, 4) is 0 Å².